The number of aromatic nitrogens is 4. The maximum absolute atomic E-state index is 13.8. The number of ether oxygens (including phenoxy) is 2. The number of hydrogen-bond acceptors (Lipinski definition) is 8. The third-order valence-corrected chi connectivity index (χ3v) is 13.2. The van der Waals surface area contributed by atoms with Gasteiger partial charge in [0.15, 0.2) is 0 Å². The fraction of sp³-hybridized carbons (Fsp3) is 0.476. The molecular formula is C42H44N8O6. The monoisotopic (exact) mass is 756 g/mol. The molecule has 0 radical (unpaired) electrons. The van der Waals surface area contributed by atoms with Gasteiger partial charge in [0, 0.05) is 23.0 Å². The van der Waals surface area contributed by atoms with Crippen molar-refractivity contribution >= 4 is 34.8 Å². The van der Waals surface area contributed by atoms with Crippen molar-refractivity contribution in [2.24, 2.45) is 23.7 Å². The van der Waals surface area contributed by atoms with Crippen molar-refractivity contribution in [2.45, 2.75) is 88.9 Å². The topological polar surface area (TPSA) is 157 Å². The van der Waals surface area contributed by atoms with Gasteiger partial charge >= 0.3 is 12.2 Å². The van der Waals surface area contributed by atoms with Crippen molar-refractivity contribution < 1.29 is 28.7 Å². The summed E-state index contributed by atoms with van der Waals surface area (Å²) in [5.74, 6) is 8.07. The Labute approximate surface area is 323 Å². The Bertz CT molecular complexity index is 2430. The van der Waals surface area contributed by atoms with Gasteiger partial charge in [-0.1, -0.05) is 51.8 Å². The number of imidazole rings is 2. The highest BCUT2D eigenvalue weighted by Gasteiger charge is 2.79. The number of benzene rings is 2. The highest BCUT2D eigenvalue weighted by molar-refractivity contribution is 5.94. The second-order valence-electron chi connectivity index (χ2n) is 16.9. The number of carbonyl (C=O) groups is 4. The average Bonchev–Trinajstić information content (AvgIpc) is 3.60. The van der Waals surface area contributed by atoms with E-state index in [1.807, 2.05) is 68.0 Å². The number of hydrogen-bond donors (Lipinski definition) is 2. The van der Waals surface area contributed by atoms with Crippen molar-refractivity contribution in [1.29, 1.82) is 0 Å². The smallest absolute Gasteiger partial charge is 0.412 e. The Morgan fingerprint density at radius 2 is 1.29 bits per heavy atom. The minimum atomic E-state index is -0.631. The number of fused-ring (bicyclic) bond motifs is 1. The van der Waals surface area contributed by atoms with E-state index in [4.69, 9.17) is 14.5 Å². The van der Waals surface area contributed by atoms with Crippen LogP contribution in [0.3, 0.4) is 0 Å². The van der Waals surface area contributed by atoms with Gasteiger partial charge in [-0.25, -0.2) is 19.6 Å². The van der Waals surface area contributed by atoms with E-state index in [1.165, 1.54) is 14.2 Å². The lowest BCUT2D eigenvalue weighted by Gasteiger charge is -2.31. The van der Waals surface area contributed by atoms with Crippen LogP contribution in [0, 0.1) is 35.5 Å². The first-order chi connectivity index (χ1) is 26.9. The van der Waals surface area contributed by atoms with Crippen LogP contribution in [0.15, 0.2) is 48.8 Å². The lowest BCUT2D eigenvalue weighted by Crippen LogP contribution is -2.48. The molecule has 6 heterocycles. The molecule has 288 valence electrons. The van der Waals surface area contributed by atoms with Gasteiger partial charge in [-0.15, -0.1) is 0 Å². The summed E-state index contributed by atoms with van der Waals surface area (Å²) in [5.41, 5.74) is 2.06. The molecule has 2 aromatic heterocycles. The van der Waals surface area contributed by atoms with E-state index in [0.29, 0.717) is 11.5 Å². The lowest BCUT2D eigenvalue weighted by molar-refractivity contribution is -0.133. The van der Waals surface area contributed by atoms with Crippen LogP contribution in [-0.2, 0) is 19.1 Å². The first-order valence-electron chi connectivity index (χ1n) is 19.5. The van der Waals surface area contributed by atoms with Crippen molar-refractivity contribution in [1.82, 2.24) is 39.5 Å². The summed E-state index contributed by atoms with van der Waals surface area (Å²) >= 11 is 0. The van der Waals surface area contributed by atoms with Gasteiger partial charge < -0.3 is 29.2 Å². The number of methoxy groups -OCH3 is 2. The molecule has 14 nitrogen and oxygen atoms in total. The fourth-order valence-electron chi connectivity index (χ4n) is 10.8. The summed E-state index contributed by atoms with van der Waals surface area (Å²) in [5, 5.41) is 2.08. The van der Waals surface area contributed by atoms with E-state index in [-0.39, 0.29) is 47.6 Å². The molecule has 2 aliphatic carbocycles. The molecule has 2 spiro atoms. The normalized spacial score (nSPS) is 30.8. The third-order valence-electron chi connectivity index (χ3n) is 13.2. The van der Waals surface area contributed by atoms with Gasteiger partial charge in [0.2, 0.25) is 11.8 Å². The highest BCUT2D eigenvalue weighted by atomic mass is 16.5. The SMILES string of the molecule is COC(=O)N1[C@@H](C(C)C)C(=O)N2[C@H](c3ncc(C#Cc4ccc5cc(-c6cnc([C@@H]7C[C@H]8C[C@]89N(C(=O)OC)[C@@H](C(C)C)C(=O)N79)[nH]6)ccc5c4)[nH]3)C[C@H]3C[C@@]312. The predicted octanol–water partition coefficient (Wildman–Crippen LogP) is 5.55. The van der Waals surface area contributed by atoms with Crippen LogP contribution in [0.2, 0.25) is 0 Å². The summed E-state index contributed by atoms with van der Waals surface area (Å²) in [6, 6.07) is 10.7. The van der Waals surface area contributed by atoms with E-state index >= 15 is 0 Å². The minimum Gasteiger partial charge on any atom is -0.453 e. The van der Waals surface area contributed by atoms with E-state index < -0.39 is 35.6 Å². The summed E-state index contributed by atoms with van der Waals surface area (Å²) in [6.07, 6.45) is 5.60. The predicted molar refractivity (Wildman–Crippen MR) is 202 cm³/mol. The standard InChI is InChI=1S/C42H44N8O6/c1-21(2)33-37(51)47-31(15-27-17-41(27,47)49(33)39(53)55-5)35-43-19-29(45-35)12-8-23-7-9-25-14-26(11-10-24(25)13-23)30-20-44-36(46-30)32-16-28-18-42(28)48(32)38(52)34(22(3)4)50(42)40(54)56-6/h7,9-11,13-14,19-22,27-28,31-34H,15-18H2,1-6H3,(H,43,45)(H,44,46)/t27-,28-,31-,32-,33-,34-,41-,42-/m0/s1. The molecule has 4 aromatic rings. The minimum absolute atomic E-state index is 0.0409. The molecule has 10 rings (SSSR count). The maximum Gasteiger partial charge on any atom is 0.412 e. The van der Waals surface area contributed by atoms with Crippen LogP contribution in [0.5, 0.6) is 0 Å². The van der Waals surface area contributed by atoms with Crippen LogP contribution in [0.25, 0.3) is 22.0 Å². The average molecular weight is 757 g/mol. The summed E-state index contributed by atoms with van der Waals surface area (Å²) < 4.78 is 10.3. The van der Waals surface area contributed by atoms with Gasteiger partial charge in [0.25, 0.3) is 0 Å². The van der Waals surface area contributed by atoms with Gasteiger partial charge in [0.1, 0.15) is 40.8 Å². The Morgan fingerprint density at radius 3 is 1.86 bits per heavy atom. The maximum atomic E-state index is 13.8. The summed E-state index contributed by atoms with van der Waals surface area (Å²) in [4.78, 5) is 76.8. The van der Waals surface area contributed by atoms with Crippen LogP contribution >= 0.6 is 0 Å². The number of piperidine rings is 2. The number of nitrogens with zero attached hydrogens (tertiary/aromatic N) is 6. The van der Waals surface area contributed by atoms with E-state index in [0.717, 1.165) is 59.1 Å². The zero-order chi connectivity index (χ0) is 39.0. The number of nitrogens with one attached hydrogen (secondary N) is 2. The van der Waals surface area contributed by atoms with Crippen LogP contribution in [0.4, 0.5) is 9.59 Å². The molecule has 6 fully saturated rings. The van der Waals surface area contributed by atoms with Crippen LogP contribution in [0.1, 0.15) is 88.4 Å². The molecule has 6 aliphatic rings. The second kappa shape index (κ2) is 11.8. The van der Waals surface area contributed by atoms with Crippen LogP contribution in [-0.4, -0.2) is 101 Å². The molecule has 4 amide bonds. The van der Waals surface area contributed by atoms with E-state index in [2.05, 4.69) is 38.9 Å². The Balaban J connectivity index is 0.853. The number of rotatable bonds is 5. The molecule has 0 bridgehead atoms. The summed E-state index contributed by atoms with van der Waals surface area (Å²) in [6.45, 7) is 7.85. The number of amides is 4. The van der Waals surface area contributed by atoms with Crippen molar-refractivity contribution in [3.8, 4) is 23.1 Å². The molecule has 4 aliphatic heterocycles. The molecule has 14 heteroatoms. The zero-order valence-electron chi connectivity index (χ0n) is 32.2. The molecule has 56 heavy (non-hydrogen) atoms. The van der Waals surface area contributed by atoms with E-state index in [1.54, 1.807) is 16.0 Å². The van der Waals surface area contributed by atoms with Gasteiger partial charge in [-0.3, -0.25) is 19.4 Å². The lowest BCUT2D eigenvalue weighted by atomic mass is 10.0. The molecule has 0 unspecified atom stereocenters. The van der Waals surface area contributed by atoms with Crippen molar-refractivity contribution in [3.05, 3.63) is 71.7 Å². The molecular weight excluding hydrogens is 713 g/mol. The Kier molecular flexibility index (Phi) is 7.32. The third kappa shape index (κ3) is 4.57. The largest absolute Gasteiger partial charge is 0.453 e. The first-order valence-corrected chi connectivity index (χ1v) is 19.5. The zero-order valence-corrected chi connectivity index (χ0v) is 32.2. The summed E-state index contributed by atoms with van der Waals surface area (Å²) in [7, 11) is 2.74. The molecule has 8 atom stereocenters. The quantitative estimate of drug-likeness (QED) is 0.251. The van der Waals surface area contributed by atoms with E-state index in [9.17, 15) is 19.2 Å². The van der Waals surface area contributed by atoms with Gasteiger partial charge in [0.05, 0.1) is 44.4 Å². The first kappa shape index (κ1) is 34.6. The Morgan fingerprint density at radius 1 is 0.750 bits per heavy atom. The van der Waals surface area contributed by atoms with Gasteiger partial charge in [-0.05, 0) is 72.4 Å². The van der Waals surface area contributed by atoms with Crippen molar-refractivity contribution in [2.75, 3.05) is 14.2 Å². The van der Waals surface area contributed by atoms with Crippen molar-refractivity contribution in [3.63, 3.8) is 0 Å². The Hall–Kier alpha value is -5.84. The molecule has 2 N–H and O–H groups in total. The molecule has 2 aromatic carbocycles. The number of carbonyl (C=O) groups excluding carboxylic acids is 4. The molecule has 4 saturated heterocycles. The number of aromatic amines is 2. The van der Waals surface area contributed by atoms with Crippen LogP contribution < -0.4 is 0 Å². The second-order valence-corrected chi connectivity index (χ2v) is 16.9. The highest BCUT2D eigenvalue weighted by Crippen LogP contribution is 2.68. The number of H-pyrrole nitrogens is 2. The molecule has 2 saturated carbocycles. The fourth-order valence-corrected chi connectivity index (χ4v) is 10.8. The van der Waals surface area contributed by atoms with Gasteiger partial charge in [-0.2, -0.15) is 0 Å².